The summed E-state index contributed by atoms with van der Waals surface area (Å²) in [5.41, 5.74) is 3.99. The molecule has 4 rings (SSSR count). The first kappa shape index (κ1) is 20.9. The number of benzene rings is 4. The predicted octanol–water partition coefficient (Wildman–Crippen LogP) is 6.47. The molecule has 0 fully saturated rings. The zero-order valence-corrected chi connectivity index (χ0v) is 17.1. The highest BCUT2D eigenvalue weighted by Gasteiger charge is 2.29. The Hall–Kier alpha value is -4.32. The largest absolute Gasteiger partial charge is 0.269 e. The lowest BCUT2D eigenvalue weighted by atomic mass is 9.74. The normalized spacial score (nSPS) is 10.9. The van der Waals surface area contributed by atoms with Crippen LogP contribution in [0.5, 0.6) is 0 Å². The minimum atomic E-state index is -0.420. The van der Waals surface area contributed by atoms with Crippen molar-refractivity contribution in [2.75, 3.05) is 0 Å². The molecule has 0 aromatic heterocycles. The highest BCUT2D eigenvalue weighted by Crippen LogP contribution is 2.43. The zero-order valence-electron chi connectivity index (χ0n) is 17.1. The lowest BCUT2D eigenvalue weighted by Crippen LogP contribution is -2.15. The first-order chi connectivity index (χ1) is 15.5. The maximum atomic E-state index is 11.2. The molecule has 0 atom stereocenters. The Bertz CT molecular complexity index is 1110. The van der Waals surface area contributed by atoms with Crippen LogP contribution in [0.1, 0.15) is 34.1 Å². The molecule has 6 nitrogen and oxygen atoms in total. The van der Waals surface area contributed by atoms with Crippen molar-refractivity contribution in [3.05, 3.63) is 152 Å². The molecule has 158 valence electrons. The molecule has 0 saturated heterocycles. The third kappa shape index (κ3) is 4.39. The van der Waals surface area contributed by atoms with Gasteiger partial charge in [-0.1, -0.05) is 84.9 Å². The van der Waals surface area contributed by atoms with Crippen molar-refractivity contribution < 1.29 is 9.85 Å². The Morgan fingerprint density at radius 1 is 0.438 bits per heavy atom. The van der Waals surface area contributed by atoms with Gasteiger partial charge in [-0.3, -0.25) is 20.2 Å². The Morgan fingerprint density at radius 2 is 0.719 bits per heavy atom. The van der Waals surface area contributed by atoms with Gasteiger partial charge in [0.2, 0.25) is 0 Å². The van der Waals surface area contributed by atoms with Crippen LogP contribution in [-0.2, 0) is 0 Å². The summed E-state index contributed by atoms with van der Waals surface area (Å²) in [6, 6.07) is 33.1. The molecule has 0 saturated carbocycles. The van der Waals surface area contributed by atoms with E-state index in [4.69, 9.17) is 0 Å². The van der Waals surface area contributed by atoms with Crippen LogP contribution in [0.4, 0.5) is 11.4 Å². The van der Waals surface area contributed by atoms with Gasteiger partial charge in [0.05, 0.1) is 9.85 Å². The van der Waals surface area contributed by atoms with Gasteiger partial charge in [-0.15, -0.1) is 0 Å². The van der Waals surface area contributed by atoms with Crippen molar-refractivity contribution in [3.8, 4) is 0 Å². The van der Waals surface area contributed by atoms with Crippen LogP contribution in [0.3, 0.4) is 0 Å². The van der Waals surface area contributed by atoms with Gasteiger partial charge in [0.15, 0.2) is 0 Å². The van der Waals surface area contributed by atoms with Gasteiger partial charge < -0.3 is 0 Å². The van der Waals surface area contributed by atoms with Crippen LogP contribution in [0.15, 0.2) is 109 Å². The van der Waals surface area contributed by atoms with Crippen LogP contribution in [-0.4, -0.2) is 9.85 Å². The number of nitrogens with zero attached hydrogens (tertiary/aromatic N) is 2. The zero-order chi connectivity index (χ0) is 22.5. The topological polar surface area (TPSA) is 86.3 Å². The second-order valence-electron chi connectivity index (χ2n) is 7.47. The summed E-state index contributed by atoms with van der Waals surface area (Å²) in [5.74, 6) is -0.304. The molecule has 0 aliphatic heterocycles. The highest BCUT2D eigenvalue weighted by atomic mass is 16.6. The second kappa shape index (κ2) is 9.22. The lowest BCUT2D eigenvalue weighted by Gasteiger charge is -2.29. The standard InChI is InChI=1S/C26H20N2O4/c29-27(30)23-15-11-21(12-16-23)26(22-13-17-24(18-14-22)28(31)32)25(19-7-3-1-4-8-19)20-9-5-2-6-10-20/h1-18,25-26H. The predicted molar refractivity (Wildman–Crippen MR) is 123 cm³/mol. The van der Waals surface area contributed by atoms with Crippen LogP contribution in [0.25, 0.3) is 0 Å². The van der Waals surface area contributed by atoms with Crippen molar-refractivity contribution in [2.24, 2.45) is 0 Å². The van der Waals surface area contributed by atoms with E-state index in [9.17, 15) is 20.2 Å². The number of hydrogen-bond acceptors (Lipinski definition) is 4. The van der Waals surface area contributed by atoms with Gasteiger partial charge in [-0.25, -0.2) is 0 Å². The van der Waals surface area contributed by atoms with Crippen molar-refractivity contribution in [3.63, 3.8) is 0 Å². The van der Waals surface area contributed by atoms with E-state index in [2.05, 4.69) is 24.3 Å². The van der Waals surface area contributed by atoms with Crippen molar-refractivity contribution in [1.82, 2.24) is 0 Å². The SMILES string of the molecule is O=[N+]([O-])c1ccc(C(c2ccc([N+](=O)[O-])cc2)C(c2ccccc2)c2ccccc2)cc1. The summed E-state index contributed by atoms with van der Waals surface area (Å²) in [7, 11) is 0. The number of hydrogen-bond donors (Lipinski definition) is 0. The Balaban J connectivity index is 1.91. The minimum Gasteiger partial charge on any atom is -0.258 e. The smallest absolute Gasteiger partial charge is 0.258 e. The number of non-ortho nitro benzene ring substituents is 2. The molecular weight excluding hydrogens is 404 g/mol. The van der Waals surface area contributed by atoms with Crippen molar-refractivity contribution in [1.29, 1.82) is 0 Å². The molecule has 0 unspecified atom stereocenters. The van der Waals surface area contributed by atoms with E-state index in [1.807, 2.05) is 36.4 Å². The van der Waals surface area contributed by atoms with Gasteiger partial charge in [0, 0.05) is 36.1 Å². The molecule has 0 aliphatic rings. The molecule has 0 amide bonds. The third-order valence-electron chi connectivity index (χ3n) is 5.58. The summed E-state index contributed by atoms with van der Waals surface area (Å²) in [6.45, 7) is 0. The van der Waals surface area contributed by atoms with Gasteiger partial charge >= 0.3 is 0 Å². The van der Waals surface area contributed by atoms with Gasteiger partial charge in [-0.05, 0) is 22.3 Å². The summed E-state index contributed by atoms with van der Waals surface area (Å²) < 4.78 is 0. The van der Waals surface area contributed by atoms with Crippen LogP contribution in [0.2, 0.25) is 0 Å². The van der Waals surface area contributed by atoms with E-state index in [0.717, 1.165) is 22.3 Å². The summed E-state index contributed by atoms with van der Waals surface area (Å²) in [5, 5.41) is 22.3. The number of nitro groups is 2. The molecule has 4 aromatic carbocycles. The summed E-state index contributed by atoms with van der Waals surface area (Å²) in [6.07, 6.45) is 0. The summed E-state index contributed by atoms with van der Waals surface area (Å²) >= 11 is 0. The molecule has 0 radical (unpaired) electrons. The van der Waals surface area contributed by atoms with E-state index >= 15 is 0 Å². The van der Waals surface area contributed by atoms with Crippen LogP contribution < -0.4 is 0 Å². The second-order valence-corrected chi connectivity index (χ2v) is 7.47. The van der Waals surface area contributed by atoms with E-state index in [1.54, 1.807) is 24.3 Å². The van der Waals surface area contributed by atoms with E-state index in [0.29, 0.717) is 0 Å². The first-order valence-corrected chi connectivity index (χ1v) is 10.1. The molecule has 0 N–H and O–H groups in total. The average molecular weight is 424 g/mol. The van der Waals surface area contributed by atoms with E-state index in [-0.39, 0.29) is 23.2 Å². The molecule has 32 heavy (non-hydrogen) atoms. The van der Waals surface area contributed by atoms with Gasteiger partial charge in [-0.2, -0.15) is 0 Å². The molecule has 0 aliphatic carbocycles. The van der Waals surface area contributed by atoms with E-state index < -0.39 is 9.85 Å². The maximum absolute atomic E-state index is 11.2. The highest BCUT2D eigenvalue weighted by molar-refractivity contribution is 5.48. The molecule has 0 heterocycles. The van der Waals surface area contributed by atoms with Crippen molar-refractivity contribution in [2.45, 2.75) is 11.8 Å². The fraction of sp³-hybridized carbons (Fsp3) is 0.0769. The maximum Gasteiger partial charge on any atom is 0.269 e. The van der Waals surface area contributed by atoms with Crippen LogP contribution >= 0.6 is 0 Å². The molecule has 6 heteroatoms. The molecule has 0 spiro atoms. The van der Waals surface area contributed by atoms with Gasteiger partial charge in [0.1, 0.15) is 0 Å². The van der Waals surface area contributed by atoms with E-state index in [1.165, 1.54) is 24.3 Å². The number of nitro benzene ring substituents is 2. The lowest BCUT2D eigenvalue weighted by molar-refractivity contribution is -0.385. The Kier molecular flexibility index (Phi) is 6.03. The number of rotatable bonds is 7. The van der Waals surface area contributed by atoms with Crippen molar-refractivity contribution >= 4 is 11.4 Å². The van der Waals surface area contributed by atoms with Gasteiger partial charge in [0.25, 0.3) is 11.4 Å². The quantitative estimate of drug-likeness (QED) is 0.251. The first-order valence-electron chi connectivity index (χ1n) is 10.1. The monoisotopic (exact) mass is 424 g/mol. The Labute approximate surface area is 185 Å². The molecule has 0 bridgehead atoms. The van der Waals surface area contributed by atoms with Crippen LogP contribution in [0, 0.1) is 20.2 Å². The molecular formula is C26H20N2O4. The minimum absolute atomic E-state index is 0.0205. The fourth-order valence-corrected chi connectivity index (χ4v) is 4.08. The molecule has 4 aromatic rings. The Morgan fingerprint density at radius 3 is 1.00 bits per heavy atom. The fourth-order valence-electron chi connectivity index (χ4n) is 4.08. The third-order valence-corrected chi connectivity index (χ3v) is 5.58. The summed E-state index contributed by atoms with van der Waals surface area (Å²) in [4.78, 5) is 21.5. The average Bonchev–Trinajstić information content (AvgIpc) is 2.84.